The van der Waals surface area contributed by atoms with Gasteiger partial charge < -0.3 is 9.30 Å². The van der Waals surface area contributed by atoms with Crippen LogP contribution in [0.3, 0.4) is 0 Å². The zero-order valence-electron chi connectivity index (χ0n) is 8.91. The van der Waals surface area contributed by atoms with Crippen LogP contribution in [0.5, 0.6) is 0 Å². The number of nitrogens with zero attached hydrogens (tertiary/aromatic N) is 2. The fourth-order valence-electron chi connectivity index (χ4n) is 1.29. The second-order valence-corrected chi connectivity index (χ2v) is 3.78. The zero-order chi connectivity index (χ0) is 10.6. The molecule has 0 fully saturated rings. The van der Waals surface area contributed by atoms with Gasteiger partial charge in [0.05, 0.1) is 13.2 Å². The van der Waals surface area contributed by atoms with Crippen molar-refractivity contribution in [3.63, 3.8) is 0 Å². The van der Waals surface area contributed by atoms with Crippen molar-refractivity contribution in [1.82, 2.24) is 14.8 Å². The molecule has 0 amide bonds. The van der Waals surface area contributed by atoms with Crippen molar-refractivity contribution in [2.45, 2.75) is 33.2 Å². The van der Waals surface area contributed by atoms with E-state index in [9.17, 15) is 0 Å². The van der Waals surface area contributed by atoms with Crippen molar-refractivity contribution in [2.75, 3.05) is 13.2 Å². The Balaban J connectivity index is 2.73. The monoisotopic (exact) mass is 215 g/mol. The third-order valence-electron chi connectivity index (χ3n) is 1.97. The molecular weight excluding hydrogens is 198 g/mol. The molecule has 5 heteroatoms. The van der Waals surface area contributed by atoms with Crippen LogP contribution in [0.2, 0.25) is 0 Å². The molecule has 14 heavy (non-hydrogen) atoms. The summed E-state index contributed by atoms with van der Waals surface area (Å²) in [5.74, 6) is 1.37. The molecule has 0 aromatic carbocycles. The summed E-state index contributed by atoms with van der Waals surface area (Å²) in [4.78, 5) is 0. The number of ether oxygens (including phenoxy) is 1. The Kier molecular flexibility index (Phi) is 4.28. The van der Waals surface area contributed by atoms with Crippen molar-refractivity contribution in [3.05, 3.63) is 10.6 Å². The lowest BCUT2D eigenvalue weighted by Gasteiger charge is -2.08. The molecule has 0 saturated carbocycles. The molecule has 1 aromatic heterocycles. The van der Waals surface area contributed by atoms with Crippen molar-refractivity contribution in [3.8, 4) is 0 Å². The maximum Gasteiger partial charge on any atom is 0.195 e. The summed E-state index contributed by atoms with van der Waals surface area (Å²) < 4.78 is 7.96. The minimum Gasteiger partial charge on any atom is -0.380 e. The molecular formula is C9H17N3OS. The average Bonchev–Trinajstić information content (AvgIpc) is 2.48. The molecule has 0 aliphatic rings. The highest BCUT2D eigenvalue weighted by Crippen LogP contribution is 2.11. The number of hydrogen-bond donors (Lipinski definition) is 1. The topological polar surface area (TPSA) is 42.8 Å². The van der Waals surface area contributed by atoms with Gasteiger partial charge in [0.1, 0.15) is 5.82 Å². The highest BCUT2D eigenvalue weighted by molar-refractivity contribution is 7.71. The van der Waals surface area contributed by atoms with Crippen LogP contribution in [0.25, 0.3) is 0 Å². The van der Waals surface area contributed by atoms with E-state index < -0.39 is 0 Å². The Morgan fingerprint density at radius 1 is 1.57 bits per heavy atom. The van der Waals surface area contributed by atoms with Gasteiger partial charge in [-0.3, -0.25) is 5.10 Å². The largest absolute Gasteiger partial charge is 0.380 e. The van der Waals surface area contributed by atoms with Gasteiger partial charge in [-0.1, -0.05) is 13.8 Å². The molecule has 0 bridgehead atoms. The molecule has 4 nitrogen and oxygen atoms in total. The van der Waals surface area contributed by atoms with E-state index in [4.69, 9.17) is 17.0 Å². The van der Waals surface area contributed by atoms with E-state index in [1.54, 1.807) is 0 Å². The number of rotatable bonds is 5. The lowest BCUT2D eigenvalue weighted by atomic mass is 10.2. The van der Waals surface area contributed by atoms with Crippen LogP contribution in [-0.2, 0) is 11.3 Å². The van der Waals surface area contributed by atoms with Crippen LogP contribution in [0.15, 0.2) is 0 Å². The first-order chi connectivity index (χ1) is 6.66. The molecule has 1 rings (SSSR count). The van der Waals surface area contributed by atoms with Crippen LogP contribution in [0.1, 0.15) is 32.5 Å². The summed E-state index contributed by atoms with van der Waals surface area (Å²) in [6, 6.07) is 0. The van der Waals surface area contributed by atoms with Crippen LogP contribution in [0.4, 0.5) is 0 Å². The van der Waals surface area contributed by atoms with Gasteiger partial charge in [0.2, 0.25) is 0 Å². The molecule has 0 aliphatic carbocycles. The van der Waals surface area contributed by atoms with Crippen LogP contribution < -0.4 is 0 Å². The van der Waals surface area contributed by atoms with Crippen molar-refractivity contribution in [2.24, 2.45) is 0 Å². The molecule has 0 aliphatic heterocycles. The number of aromatic nitrogens is 3. The predicted octanol–water partition coefficient (Wildman–Crippen LogP) is 2.10. The molecule has 0 saturated heterocycles. The van der Waals surface area contributed by atoms with Gasteiger partial charge in [-0.25, -0.2) is 0 Å². The zero-order valence-corrected chi connectivity index (χ0v) is 9.73. The summed E-state index contributed by atoms with van der Waals surface area (Å²) in [7, 11) is 0. The summed E-state index contributed by atoms with van der Waals surface area (Å²) in [6.45, 7) is 8.38. The Bertz CT molecular complexity index is 329. The van der Waals surface area contributed by atoms with Gasteiger partial charge in [-0.2, -0.15) is 5.10 Å². The van der Waals surface area contributed by atoms with E-state index in [2.05, 4.69) is 24.0 Å². The number of aromatic amines is 1. The predicted molar refractivity (Wildman–Crippen MR) is 58.0 cm³/mol. The Labute approximate surface area is 89.3 Å². The lowest BCUT2D eigenvalue weighted by Crippen LogP contribution is -2.10. The van der Waals surface area contributed by atoms with Crippen molar-refractivity contribution >= 4 is 12.2 Å². The average molecular weight is 215 g/mol. The highest BCUT2D eigenvalue weighted by Gasteiger charge is 2.08. The van der Waals surface area contributed by atoms with Gasteiger partial charge in [-0.05, 0) is 19.1 Å². The molecule has 1 N–H and O–H groups in total. The van der Waals surface area contributed by atoms with E-state index in [0.29, 0.717) is 17.3 Å². The second kappa shape index (κ2) is 5.26. The maximum atomic E-state index is 5.29. The summed E-state index contributed by atoms with van der Waals surface area (Å²) in [5, 5.41) is 6.99. The third-order valence-corrected chi connectivity index (χ3v) is 2.28. The van der Waals surface area contributed by atoms with E-state index >= 15 is 0 Å². The van der Waals surface area contributed by atoms with E-state index in [1.165, 1.54) is 0 Å². The Morgan fingerprint density at radius 2 is 2.29 bits per heavy atom. The van der Waals surface area contributed by atoms with Gasteiger partial charge >= 0.3 is 0 Å². The third kappa shape index (κ3) is 2.65. The minimum atomic E-state index is 0.379. The standard InChI is InChI=1S/C9H17N3OS/c1-4-13-6-5-12-8(7(2)3)10-11-9(12)14/h7H,4-6H2,1-3H3,(H,11,14). The number of nitrogens with one attached hydrogen (secondary N) is 1. The number of hydrogen-bond acceptors (Lipinski definition) is 3. The fourth-order valence-corrected chi connectivity index (χ4v) is 1.52. The summed E-state index contributed by atoms with van der Waals surface area (Å²) >= 11 is 5.13. The first-order valence-electron chi connectivity index (χ1n) is 4.89. The quantitative estimate of drug-likeness (QED) is 0.604. The van der Waals surface area contributed by atoms with Gasteiger partial charge in [0.25, 0.3) is 0 Å². The minimum absolute atomic E-state index is 0.379. The van der Waals surface area contributed by atoms with Crippen LogP contribution in [-0.4, -0.2) is 28.0 Å². The van der Waals surface area contributed by atoms with E-state index in [-0.39, 0.29) is 0 Å². The van der Waals surface area contributed by atoms with Crippen LogP contribution >= 0.6 is 12.2 Å². The van der Waals surface area contributed by atoms with Crippen LogP contribution in [0, 0.1) is 4.77 Å². The Morgan fingerprint density at radius 3 is 2.86 bits per heavy atom. The molecule has 1 heterocycles. The molecule has 0 spiro atoms. The molecule has 0 atom stereocenters. The lowest BCUT2D eigenvalue weighted by molar-refractivity contribution is 0.138. The smallest absolute Gasteiger partial charge is 0.195 e. The first kappa shape index (κ1) is 11.4. The SMILES string of the molecule is CCOCCn1c(C(C)C)n[nH]c1=S. The first-order valence-corrected chi connectivity index (χ1v) is 5.30. The highest BCUT2D eigenvalue weighted by atomic mass is 32.1. The maximum absolute atomic E-state index is 5.29. The number of H-pyrrole nitrogens is 1. The van der Waals surface area contributed by atoms with Crippen molar-refractivity contribution < 1.29 is 4.74 Å². The molecule has 0 radical (unpaired) electrons. The second-order valence-electron chi connectivity index (χ2n) is 3.39. The summed E-state index contributed by atoms with van der Waals surface area (Å²) in [6.07, 6.45) is 0. The van der Waals surface area contributed by atoms with E-state index in [1.807, 2.05) is 11.5 Å². The fraction of sp³-hybridized carbons (Fsp3) is 0.778. The van der Waals surface area contributed by atoms with Gasteiger partial charge in [0, 0.05) is 12.5 Å². The van der Waals surface area contributed by atoms with Gasteiger partial charge in [-0.15, -0.1) is 0 Å². The van der Waals surface area contributed by atoms with E-state index in [0.717, 1.165) is 19.0 Å². The Hall–Kier alpha value is -0.680. The normalized spacial score (nSPS) is 11.1. The molecule has 80 valence electrons. The summed E-state index contributed by atoms with van der Waals surface area (Å²) in [5.41, 5.74) is 0. The molecule has 1 aromatic rings. The van der Waals surface area contributed by atoms with Crippen molar-refractivity contribution in [1.29, 1.82) is 0 Å². The van der Waals surface area contributed by atoms with Gasteiger partial charge in [0.15, 0.2) is 4.77 Å². The molecule has 0 unspecified atom stereocenters.